The standard InChI is InChI=1S/C16H25ClN4O2/c17-14-4-1-2-5-15(14)23-11-7-20-16(18)19-6-3-8-21-9-12-22-13-10-21/h1-2,4-5H,3,6-13H2,(H3,18,19,20). The highest BCUT2D eigenvalue weighted by Gasteiger charge is 2.08. The molecule has 0 saturated carbocycles. The lowest BCUT2D eigenvalue weighted by Gasteiger charge is -2.26. The van der Waals surface area contributed by atoms with Gasteiger partial charge in [-0.1, -0.05) is 23.7 Å². The van der Waals surface area contributed by atoms with Crippen LogP contribution in [-0.4, -0.2) is 63.4 Å². The maximum atomic E-state index is 6.01. The molecular formula is C16H25ClN4O2. The number of nitrogens with two attached hydrogens (primary N) is 1. The summed E-state index contributed by atoms with van der Waals surface area (Å²) in [5.74, 6) is 1.13. The third kappa shape index (κ3) is 7.07. The van der Waals surface area contributed by atoms with Gasteiger partial charge in [0.15, 0.2) is 5.96 Å². The topological polar surface area (TPSA) is 72.1 Å². The highest BCUT2D eigenvalue weighted by Crippen LogP contribution is 2.22. The second-order valence-electron chi connectivity index (χ2n) is 5.28. The summed E-state index contributed by atoms with van der Waals surface area (Å²) < 4.78 is 10.9. The Labute approximate surface area is 142 Å². The molecule has 1 aromatic carbocycles. The Morgan fingerprint density at radius 2 is 2.13 bits per heavy atom. The van der Waals surface area contributed by atoms with Gasteiger partial charge in [0, 0.05) is 26.2 Å². The van der Waals surface area contributed by atoms with Gasteiger partial charge in [-0.3, -0.25) is 9.89 Å². The first-order chi connectivity index (χ1) is 11.3. The van der Waals surface area contributed by atoms with Crippen LogP contribution < -0.4 is 15.8 Å². The predicted octanol–water partition coefficient (Wildman–Crippen LogP) is 1.35. The van der Waals surface area contributed by atoms with Crippen molar-refractivity contribution in [1.29, 1.82) is 0 Å². The molecule has 0 bridgehead atoms. The average molecular weight is 341 g/mol. The van der Waals surface area contributed by atoms with Gasteiger partial charge >= 0.3 is 0 Å². The smallest absolute Gasteiger partial charge is 0.188 e. The van der Waals surface area contributed by atoms with Crippen molar-refractivity contribution in [2.75, 3.05) is 52.5 Å². The minimum atomic E-state index is 0.453. The van der Waals surface area contributed by atoms with E-state index in [-0.39, 0.29) is 0 Å². The van der Waals surface area contributed by atoms with Crippen molar-refractivity contribution in [2.24, 2.45) is 10.7 Å². The van der Waals surface area contributed by atoms with Crippen molar-refractivity contribution in [3.63, 3.8) is 0 Å². The van der Waals surface area contributed by atoms with Crippen molar-refractivity contribution >= 4 is 17.6 Å². The molecule has 1 heterocycles. The maximum absolute atomic E-state index is 6.01. The van der Waals surface area contributed by atoms with Crippen LogP contribution in [0.2, 0.25) is 5.02 Å². The lowest BCUT2D eigenvalue weighted by atomic mass is 10.3. The molecule has 23 heavy (non-hydrogen) atoms. The molecule has 0 amide bonds. The summed E-state index contributed by atoms with van der Waals surface area (Å²) in [6.07, 6.45) is 0.999. The third-order valence-electron chi connectivity index (χ3n) is 3.52. The molecule has 0 aromatic heterocycles. The Kier molecular flexibility index (Phi) is 8.00. The average Bonchev–Trinajstić information content (AvgIpc) is 2.58. The quantitative estimate of drug-likeness (QED) is 0.424. The van der Waals surface area contributed by atoms with Crippen molar-refractivity contribution in [3.8, 4) is 5.75 Å². The van der Waals surface area contributed by atoms with E-state index in [4.69, 9.17) is 26.8 Å². The van der Waals surface area contributed by atoms with Gasteiger partial charge in [0.25, 0.3) is 0 Å². The molecule has 1 saturated heterocycles. The van der Waals surface area contributed by atoms with E-state index in [2.05, 4.69) is 15.2 Å². The van der Waals surface area contributed by atoms with Crippen molar-refractivity contribution in [2.45, 2.75) is 6.42 Å². The Hall–Kier alpha value is -1.50. The number of benzene rings is 1. The van der Waals surface area contributed by atoms with E-state index in [1.54, 1.807) is 6.07 Å². The number of nitrogens with one attached hydrogen (secondary N) is 1. The van der Waals surface area contributed by atoms with Gasteiger partial charge in [0.1, 0.15) is 12.4 Å². The summed E-state index contributed by atoms with van der Waals surface area (Å²) in [7, 11) is 0. The number of para-hydroxylation sites is 1. The molecule has 6 nitrogen and oxygen atoms in total. The Morgan fingerprint density at radius 1 is 1.35 bits per heavy atom. The van der Waals surface area contributed by atoms with Gasteiger partial charge in [0.05, 0.1) is 24.8 Å². The number of rotatable bonds is 8. The van der Waals surface area contributed by atoms with Gasteiger partial charge in [-0.05, 0) is 18.6 Å². The molecule has 0 spiro atoms. The molecule has 128 valence electrons. The zero-order chi connectivity index (χ0) is 16.3. The van der Waals surface area contributed by atoms with Crippen LogP contribution in [0.25, 0.3) is 0 Å². The summed E-state index contributed by atoms with van der Waals surface area (Å²) in [6.45, 7) is 6.51. The fraction of sp³-hybridized carbons (Fsp3) is 0.562. The lowest BCUT2D eigenvalue weighted by Crippen LogP contribution is -2.37. The molecule has 1 fully saturated rings. The number of halogens is 1. The summed E-state index contributed by atoms with van der Waals surface area (Å²) >= 11 is 6.01. The van der Waals surface area contributed by atoms with E-state index in [1.165, 1.54) is 0 Å². The highest BCUT2D eigenvalue weighted by atomic mass is 35.5. The second kappa shape index (κ2) is 10.3. The highest BCUT2D eigenvalue weighted by molar-refractivity contribution is 6.32. The molecule has 0 aliphatic carbocycles. The SMILES string of the molecule is NC(=NCCCN1CCOCC1)NCCOc1ccccc1Cl. The summed E-state index contributed by atoms with van der Waals surface area (Å²) in [6, 6.07) is 7.40. The number of guanidine groups is 1. The first kappa shape index (κ1) is 17.8. The predicted molar refractivity (Wildman–Crippen MR) is 93.3 cm³/mol. The summed E-state index contributed by atoms with van der Waals surface area (Å²) in [5.41, 5.74) is 5.83. The molecule has 0 unspecified atom stereocenters. The fourth-order valence-electron chi connectivity index (χ4n) is 2.28. The van der Waals surface area contributed by atoms with Crippen LogP contribution in [0, 0.1) is 0 Å². The van der Waals surface area contributed by atoms with E-state index in [0.717, 1.165) is 45.8 Å². The normalized spacial score (nSPS) is 16.3. The zero-order valence-corrected chi connectivity index (χ0v) is 14.1. The van der Waals surface area contributed by atoms with Crippen LogP contribution in [0.15, 0.2) is 29.3 Å². The molecule has 0 atom stereocenters. The van der Waals surface area contributed by atoms with Crippen LogP contribution in [0.4, 0.5) is 0 Å². The molecule has 1 aliphatic rings. The lowest BCUT2D eigenvalue weighted by molar-refractivity contribution is 0.0377. The molecule has 7 heteroatoms. The van der Waals surface area contributed by atoms with Gasteiger partial charge in [-0.25, -0.2) is 0 Å². The fourth-order valence-corrected chi connectivity index (χ4v) is 2.47. The number of aliphatic imine (C=N–C) groups is 1. The molecule has 0 radical (unpaired) electrons. The first-order valence-electron chi connectivity index (χ1n) is 7.97. The Balaban J connectivity index is 1.53. The van der Waals surface area contributed by atoms with Crippen molar-refractivity contribution in [1.82, 2.24) is 10.2 Å². The number of nitrogens with zero attached hydrogens (tertiary/aromatic N) is 2. The monoisotopic (exact) mass is 340 g/mol. The van der Waals surface area contributed by atoms with Crippen LogP contribution in [-0.2, 0) is 4.74 Å². The van der Waals surface area contributed by atoms with Crippen molar-refractivity contribution in [3.05, 3.63) is 29.3 Å². The van der Waals surface area contributed by atoms with E-state index in [9.17, 15) is 0 Å². The number of hydrogen-bond acceptors (Lipinski definition) is 4. The van der Waals surface area contributed by atoms with Gasteiger partial charge < -0.3 is 20.5 Å². The van der Waals surface area contributed by atoms with E-state index in [0.29, 0.717) is 29.9 Å². The number of morpholine rings is 1. The Bertz CT molecular complexity index is 493. The van der Waals surface area contributed by atoms with E-state index < -0.39 is 0 Å². The first-order valence-corrected chi connectivity index (χ1v) is 8.35. The largest absolute Gasteiger partial charge is 0.490 e. The molecule has 2 rings (SSSR count). The molecule has 1 aromatic rings. The molecule has 3 N–H and O–H groups in total. The van der Waals surface area contributed by atoms with E-state index in [1.807, 2.05) is 18.2 Å². The summed E-state index contributed by atoms with van der Waals surface area (Å²) in [5, 5.41) is 3.65. The second-order valence-corrected chi connectivity index (χ2v) is 5.69. The van der Waals surface area contributed by atoms with Crippen LogP contribution in [0.3, 0.4) is 0 Å². The number of ether oxygens (including phenoxy) is 2. The summed E-state index contributed by atoms with van der Waals surface area (Å²) in [4.78, 5) is 6.70. The third-order valence-corrected chi connectivity index (χ3v) is 3.83. The molecule has 1 aliphatic heterocycles. The minimum Gasteiger partial charge on any atom is -0.490 e. The molecular weight excluding hydrogens is 316 g/mol. The van der Waals surface area contributed by atoms with Crippen LogP contribution in [0.1, 0.15) is 6.42 Å². The van der Waals surface area contributed by atoms with Gasteiger partial charge in [-0.15, -0.1) is 0 Å². The number of hydrogen-bond donors (Lipinski definition) is 2. The Morgan fingerprint density at radius 3 is 2.91 bits per heavy atom. The minimum absolute atomic E-state index is 0.453. The maximum Gasteiger partial charge on any atom is 0.188 e. The zero-order valence-electron chi connectivity index (χ0n) is 13.3. The van der Waals surface area contributed by atoms with Crippen LogP contribution in [0.5, 0.6) is 5.75 Å². The van der Waals surface area contributed by atoms with Crippen molar-refractivity contribution < 1.29 is 9.47 Å². The van der Waals surface area contributed by atoms with Gasteiger partial charge in [0.2, 0.25) is 0 Å². The van der Waals surface area contributed by atoms with Gasteiger partial charge in [-0.2, -0.15) is 0 Å². The van der Waals surface area contributed by atoms with E-state index >= 15 is 0 Å². The van der Waals surface area contributed by atoms with Crippen LogP contribution >= 0.6 is 11.6 Å².